The van der Waals surface area contributed by atoms with Crippen LogP contribution in [0.15, 0.2) is 77.9 Å². The first-order valence-corrected chi connectivity index (χ1v) is 13.2. The Balaban J connectivity index is 1.38. The summed E-state index contributed by atoms with van der Waals surface area (Å²) in [6, 6.07) is 18.4. The monoisotopic (exact) mass is 544 g/mol. The number of pyridine rings is 1. The smallest absolute Gasteiger partial charge is 0.258 e. The van der Waals surface area contributed by atoms with Gasteiger partial charge in [-0.3, -0.25) is 19.1 Å². The lowest BCUT2D eigenvalue weighted by atomic mass is 9.92. The quantitative estimate of drug-likeness (QED) is 0.288. The number of hydrogen-bond acceptors (Lipinski definition) is 7. The van der Waals surface area contributed by atoms with Gasteiger partial charge in [-0.15, -0.1) is 0 Å². The van der Waals surface area contributed by atoms with Crippen molar-refractivity contribution in [2.75, 3.05) is 18.5 Å². The van der Waals surface area contributed by atoms with Crippen LogP contribution >= 0.6 is 11.6 Å². The van der Waals surface area contributed by atoms with Gasteiger partial charge in [-0.2, -0.15) is 0 Å². The second-order valence-corrected chi connectivity index (χ2v) is 9.98. The number of anilines is 2. The molecule has 1 aliphatic heterocycles. The molecule has 0 spiro atoms. The normalized spacial score (nSPS) is 13.7. The van der Waals surface area contributed by atoms with Gasteiger partial charge in [0.25, 0.3) is 5.56 Å². The van der Waals surface area contributed by atoms with Crippen molar-refractivity contribution in [2.24, 2.45) is 5.92 Å². The third kappa shape index (κ3) is 6.90. The van der Waals surface area contributed by atoms with Crippen LogP contribution in [0.4, 0.5) is 11.6 Å². The number of aromatic nitrogens is 3. The van der Waals surface area contributed by atoms with Gasteiger partial charge in [-0.25, -0.2) is 4.98 Å². The zero-order valence-electron chi connectivity index (χ0n) is 21.6. The minimum Gasteiger partial charge on any atom is -0.456 e. The molecule has 2 aromatic carbocycles. The maximum atomic E-state index is 13.6. The summed E-state index contributed by atoms with van der Waals surface area (Å²) in [5, 5.41) is 3.86. The van der Waals surface area contributed by atoms with Crippen molar-refractivity contribution in [2.45, 2.75) is 32.7 Å². The van der Waals surface area contributed by atoms with Crippen LogP contribution in [0, 0.1) is 12.8 Å². The largest absolute Gasteiger partial charge is 0.456 e. The van der Waals surface area contributed by atoms with E-state index in [1.54, 1.807) is 22.9 Å². The number of nitrogens with zero attached hydrogens (tertiary/aromatic N) is 3. The highest BCUT2D eigenvalue weighted by atomic mass is 35.5. The molecule has 8 nitrogen and oxygen atoms in total. The Bertz CT molecular complexity index is 1480. The Morgan fingerprint density at radius 3 is 2.41 bits per heavy atom. The van der Waals surface area contributed by atoms with Gasteiger partial charge in [0.2, 0.25) is 5.95 Å². The number of carbonyl (C=O) groups excluding carboxylic acids is 1. The van der Waals surface area contributed by atoms with E-state index < -0.39 is 0 Å². The predicted octanol–water partition coefficient (Wildman–Crippen LogP) is 5.72. The zero-order chi connectivity index (χ0) is 27.2. The fourth-order valence-corrected chi connectivity index (χ4v) is 4.54. The summed E-state index contributed by atoms with van der Waals surface area (Å²) in [4.78, 5) is 35.3. The highest BCUT2D eigenvalue weighted by Crippen LogP contribution is 2.24. The summed E-state index contributed by atoms with van der Waals surface area (Å²) in [6.07, 6.45) is 4.60. The van der Waals surface area contributed by atoms with Crippen LogP contribution in [-0.2, 0) is 22.5 Å². The molecule has 0 radical (unpaired) electrons. The standard InChI is InChI=1S/C30H29ClN4O4/c1-20-2-9-27(18-32-20)39-26-10-7-25(8-11-26)34-30-33-17-23(16-28(36)22-12-14-38-15-13-22)29(37)35(30)19-21-3-5-24(31)6-4-21/h2-11,17-18,22H,12-16,19H2,1H3,(H,33,34). The van der Waals surface area contributed by atoms with Gasteiger partial charge >= 0.3 is 0 Å². The summed E-state index contributed by atoms with van der Waals surface area (Å²) in [7, 11) is 0. The van der Waals surface area contributed by atoms with E-state index in [-0.39, 0.29) is 30.2 Å². The molecule has 0 saturated carbocycles. The van der Waals surface area contributed by atoms with Crippen LogP contribution in [0.25, 0.3) is 0 Å². The Labute approximate surface area is 231 Å². The molecule has 0 bridgehead atoms. The highest BCUT2D eigenvalue weighted by molar-refractivity contribution is 6.30. The van der Waals surface area contributed by atoms with Crippen molar-refractivity contribution < 1.29 is 14.3 Å². The first kappa shape index (κ1) is 26.6. The van der Waals surface area contributed by atoms with Gasteiger partial charge in [0.05, 0.1) is 12.7 Å². The van der Waals surface area contributed by atoms with Crippen LogP contribution in [0.3, 0.4) is 0 Å². The summed E-state index contributed by atoms with van der Waals surface area (Å²) >= 11 is 6.06. The molecule has 200 valence electrons. The number of benzene rings is 2. The second-order valence-electron chi connectivity index (χ2n) is 9.54. The molecule has 0 aliphatic carbocycles. The fraction of sp³-hybridized carbons (Fsp3) is 0.267. The number of ketones is 1. The maximum Gasteiger partial charge on any atom is 0.258 e. The molecule has 1 N–H and O–H groups in total. The first-order chi connectivity index (χ1) is 18.9. The predicted molar refractivity (Wildman–Crippen MR) is 150 cm³/mol. The first-order valence-electron chi connectivity index (χ1n) is 12.9. The van der Waals surface area contributed by atoms with Gasteiger partial charge < -0.3 is 14.8 Å². The molecule has 1 fully saturated rings. The molecule has 2 aromatic heterocycles. The van der Waals surface area contributed by atoms with Crippen LogP contribution < -0.4 is 15.6 Å². The molecule has 3 heterocycles. The van der Waals surface area contributed by atoms with E-state index in [1.165, 1.54) is 6.20 Å². The third-order valence-electron chi connectivity index (χ3n) is 6.64. The summed E-state index contributed by atoms with van der Waals surface area (Å²) in [6.45, 7) is 3.34. The van der Waals surface area contributed by atoms with Gasteiger partial charge in [-0.1, -0.05) is 23.7 Å². The van der Waals surface area contributed by atoms with E-state index in [0.717, 1.165) is 16.9 Å². The van der Waals surface area contributed by atoms with E-state index in [1.807, 2.05) is 55.5 Å². The minimum absolute atomic E-state index is 0.0512. The number of rotatable bonds is 9. The number of nitrogens with one attached hydrogen (secondary N) is 1. The Morgan fingerprint density at radius 2 is 1.72 bits per heavy atom. The average molecular weight is 545 g/mol. The van der Waals surface area contributed by atoms with Crippen molar-refractivity contribution in [3.05, 3.63) is 105 Å². The van der Waals surface area contributed by atoms with Crippen molar-refractivity contribution in [3.8, 4) is 11.5 Å². The highest BCUT2D eigenvalue weighted by Gasteiger charge is 2.23. The van der Waals surface area contributed by atoms with E-state index in [2.05, 4.69) is 15.3 Å². The number of hydrogen-bond donors (Lipinski definition) is 1. The molecular formula is C30H29ClN4O4. The maximum absolute atomic E-state index is 13.6. The van der Waals surface area contributed by atoms with E-state index in [9.17, 15) is 9.59 Å². The van der Waals surface area contributed by atoms with Gasteiger partial charge in [0.15, 0.2) is 0 Å². The average Bonchev–Trinajstić information content (AvgIpc) is 2.96. The Hall–Kier alpha value is -4.01. The fourth-order valence-electron chi connectivity index (χ4n) is 4.41. The van der Waals surface area contributed by atoms with Crippen LogP contribution in [0.1, 0.15) is 29.7 Å². The lowest BCUT2D eigenvalue weighted by Gasteiger charge is -2.21. The zero-order valence-corrected chi connectivity index (χ0v) is 22.4. The topological polar surface area (TPSA) is 95.3 Å². The lowest BCUT2D eigenvalue weighted by Crippen LogP contribution is -2.31. The number of halogens is 1. The lowest BCUT2D eigenvalue weighted by molar-refractivity contribution is -0.125. The second kappa shape index (κ2) is 12.2. The third-order valence-corrected chi connectivity index (χ3v) is 6.90. The van der Waals surface area contributed by atoms with Crippen molar-refractivity contribution in [3.63, 3.8) is 0 Å². The summed E-state index contributed by atoms with van der Waals surface area (Å²) in [5.41, 5.74) is 2.65. The van der Waals surface area contributed by atoms with Gasteiger partial charge in [0, 0.05) is 53.7 Å². The van der Waals surface area contributed by atoms with Crippen molar-refractivity contribution in [1.82, 2.24) is 14.5 Å². The van der Waals surface area contributed by atoms with Gasteiger partial charge in [-0.05, 0) is 73.9 Å². The molecule has 1 aliphatic rings. The van der Waals surface area contributed by atoms with Gasteiger partial charge in [0.1, 0.15) is 17.3 Å². The van der Waals surface area contributed by atoms with E-state index in [4.69, 9.17) is 21.1 Å². The molecule has 0 amide bonds. The molecule has 0 atom stereocenters. The van der Waals surface area contributed by atoms with Crippen molar-refractivity contribution in [1.29, 1.82) is 0 Å². The number of carbonyl (C=O) groups is 1. The van der Waals surface area contributed by atoms with Crippen LogP contribution in [-0.4, -0.2) is 33.5 Å². The molecule has 39 heavy (non-hydrogen) atoms. The molecule has 9 heteroatoms. The number of ether oxygens (including phenoxy) is 2. The molecule has 1 saturated heterocycles. The molecule has 5 rings (SSSR count). The Morgan fingerprint density at radius 1 is 1.00 bits per heavy atom. The molecular weight excluding hydrogens is 516 g/mol. The number of Topliss-reactive ketones (excluding diaryl/α,β-unsaturated/α-hetero) is 1. The molecule has 4 aromatic rings. The summed E-state index contributed by atoms with van der Waals surface area (Å²) < 4.78 is 12.8. The number of aryl methyl sites for hydroxylation is 1. The van der Waals surface area contributed by atoms with E-state index >= 15 is 0 Å². The van der Waals surface area contributed by atoms with Crippen LogP contribution in [0.2, 0.25) is 5.02 Å². The van der Waals surface area contributed by atoms with E-state index in [0.29, 0.717) is 54.1 Å². The summed E-state index contributed by atoms with van der Waals surface area (Å²) in [5.74, 6) is 1.63. The van der Waals surface area contributed by atoms with Crippen LogP contribution in [0.5, 0.6) is 11.5 Å². The minimum atomic E-state index is -0.255. The molecule has 0 unspecified atom stereocenters. The Kier molecular flexibility index (Phi) is 8.34. The van der Waals surface area contributed by atoms with Crippen molar-refractivity contribution >= 4 is 29.0 Å². The SMILES string of the molecule is Cc1ccc(Oc2ccc(Nc3ncc(CC(=O)C4CCOCC4)c(=O)n3Cc3ccc(Cl)cc3)cc2)cn1.